The molecule has 0 aliphatic carbocycles. The number of hydrogen-bond acceptors (Lipinski definition) is 6. The van der Waals surface area contributed by atoms with E-state index in [9.17, 15) is 22.6 Å². The Hall–Kier alpha value is -2.45. The first-order chi connectivity index (χ1) is 27.3. The summed E-state index contributed by atoms with van der Waals surface area (Å²) in [5.41, 5.74) is -0.290. The number of ether oxygens (including phenoxy) is 2. The molecule has 1 rings (SSSR count). The van der Waals surface area contributed by atoms with Crippen molar-refractivity contribution >= 4 is 22.1 Å². The van der Waals surface area contributed by atoms with Gasteiger partial charge in [0.05, 0.1) is 29.2 Å². The fourth-order valence-electron chi connectivity index (χ4n) is 6.92. The van der Waals surface area contributed by atoms with Gasteiger partial charge in [-0.25, -0.2) is 9.59 Å². The summed E-state index contributed by atoms with van der Waals surface area (Å²) in [6.07, 6.45) is 48.1. The van der Waals surface area contributed by atoms with Crippen LogP contribution in [0.15, 0.2) is 47.4 Å². The minimum atomic E-state index is -4.57. The molecule has 1 aromatic rings. The Labute approximate surface area is 344 Å². The van der Waals surface area contributed by atoms with Gasteiger partial charge in [0.2, 0.25) is 0 Å². The third kappa shape index (κ3) is 29.7. The molecule has 0 bridgehead atoms. The van der Waals surface area contributed by atoms with Crippen LogP contribution in [0.4, 0.5) is 0 Å². The van der Waals surface area contributed by atoms with Crippen LogP contribution in [-0.4, -0.2) is 38.1 Å². The van der Waals surface area contributed by atoms with E-state index >= 15 is 0 Å². The molecular weight excluding hydrogens is 721 g/mol. The van der Waals surface area contributed by atoms with Crippen LogP contribution in [-0.2, 0) is 19.6 Å². The molecule has 0 saturated heterocycles. The second-order valence-electron chi connectivity index (χ2n) is 15.7. The van der Waals surface area contributed by atoms with Gasteiger partial charge in [-0.2, -0.15) is 8.42 Å². The van der Waals surface area contributed by atoms with Crippen molar-refractivity contribution in [2.75, 3.05) is 13.2 Å². The maximum atomic E-state index is 13.0. The zero-order valence-corrected chi connectivity index (χ0v) is 36.7. The van der Waals surface area contributed by atoms with Crippen LogP contribution in [0.1, 0.15) is 240 Å². The van der Waals surface area contributed by atoms with Gasteiger partial charge >= 0.3 is 11.9 Å². The first kappa shape index (κ1) is 51.6. The zero-order valence-electron chi connectivity index (χ0n) is 35.9. The van der Waals surface area contributed by atoms with Gasteiger partial charge in [-0.3, -0.25) is 4.55 Å². The van der Waals surface area contributed by atoms with Crippen LogP contribution in [0.25, 0.3) is 0 Å². The van der Waals surface area contributed by atoms with Gasteiger partial charge < -0.3 is 9.47 Å². The Morgan fingerprint density at radius 1 is 0.464 bits per heavy atom. The summed E-state index contributed by atoms with van der Waals surface area (Å²) in [6, 6.07) is 3.28. The van der Waals surface area contributed by atoms with Crippen molar-refractivity contribution in [3.05, 3.63) is 53.6 Å². The molecule has 0 aliphatic rings. The molecule has 322 valence electrons. The van der Waals surface area contributed by atoms with Gasteiger partial charge in [-0.05, 0) is 82.4 Å². The number of benzene rings is 1. The van der Waals surface area contributed by atoms with Crippen LogP contribution in [0.2, 0.25) is 0 Å². The molecule has 56 heavy (non-hydrogen) atoms. The summed E-state index contributed by atoms with van der Waals surface area (Å²) in [5, 5.41) is 0. The molecule has 0 amide bonds. The van der Waals surface area contributed by atoms with E-state index in [0.29, 0.717) is 12.8 Å². The van der Waals surface area contributed by atoms with Crippen molar-refractivity contribution in [3.8, 4) is 0 Å². The Balaban J connectivity index is 2.22. The summed E-state index contributed by atoms with van der Waals surface area (Å²) in [5.74, 6) is -1.52. The van der Waals surface area contributed by atoms with Gasteiger partial charge in [0.25, 0.3) is 10.1 Å². The van der Waals surface area contributed by atoms with Crippen molar-refractivity contribution in [1.29, 1.82) is 0 Å². The van der Waals surface area contributed by atoms with Crippen LogP contribution < -0.4 is 0 Å². The van der Waals surface area contributed by atoms with E-state index in [2.05, 4.69) is 38.2 Å². The van der Waals surface area contributed by atoms with Crippen LogP contribution in [0.5, 0.6) is 0 Å². The summed E-state index contributed by atoms with van der Waals surface area (Å²) in [4.78, 5) is 25.4. The van der Waals surface area contributed by atoms with E-state index < -0.39 is 27.0 Å². The van der Waals surface area contributed by atoms with Gasteiger partial charge in [-0.1, -0.05) is 179 Å². The van der Waals surface area contributed by atoms with E-state index in [4.69, 9.17) is 9.47 Å². The third-order valence-corrected chi connectivity index (χ3v) is 11.4. The summed E-state index contributed by atoms with van der Waals surface area (Å²) in [6.45, 7) is 4.89. The highest BCUT2D eigenvalue weighted by Gasteiger charge is 2.23. The van der Waals surface area contributed by atoms with Gasteiger partial charge in [0, 0.05) is 0 Å². The quantitative estimate of drug-likeness (QED) is 0.0306. The first-order valence-corrected chi connectivity index (χ1v) is 24.5. The lowest BCUT2D eigenvalue weighted by atomic mass is 10.1. The molecule has 0 spiro atoms. The molecule has 0 aliphatic heterocycles. The summed E-state index contributed by atoms with van der Waals surface area (Å²) >= 11 is 0. The zero-order chi connectivity index (χ0) is 40.8. The monoisotopic (exact) mass is 803 g/mol. The molecule has 7 nitrogen and oxygen atoms in total. The Morgan fingerprint density at radius 2 is 0.768 bits per heavy atom. The fraction of sp³-hybridized carbons (Fsp3) is 0.750. The van der Waals surface area contributed by atoms with Crippen molar-refractivity contribution in [2.24, 2.45) is 0 Å². The number of rotatable bonds is 39. The number of carbonyl (C=O) groups is 2. The molecule has 0 radical (unpaired) electrons. The molecule has 0 aromatic heterocycles. The van der Waals surface area contributed by atoms with Gasteiger partial charge in [0.15, 0.2) is 0 Å². The minimum absolute atomic E-state index is 0.0699. The highest BCUT2D eigenvalue weighted by atomic mass is 32.2. The smallest absolute Gasteiger partial charge is 0.339 e. The molecule has 1 aromatic carbocycles. The second kappa shape index (κ2) is 36.9. The number of carbonyl (C=O) groups excluding carboxylic acids is 2. The molecule has 0 saturated carbocycles. The van der Waals surface area contributed by atoms with Crippen LogP contribution in [0, 0.1) is 0 Å². The number of hydrogen-bond donors (Lipinski definition) is 1. The molecule has 0 atom stereocenters. The molecule has 8 heteroatoms. The number of allylic oxidation sites excluding steroid dienone is 4. The minimum Gasteiger partial charge on any atom is -0.462 e. The largest absolute Gasteiger partial charge is 0.462 e. The Morgan fingerprint density at radius 3 is 1.11 bits per heavy atom. The third-order valence-electron chi connectivity index (χ3n) is 10.5. The number of esters is 2. The van der Waals surface area contributed by atoms with E-state index in [1.54, 1.807) is 0 Å². The normalized spacial score (nSPS) is 11.9. The molecular formula is C48H82O7S. The van der Waals surface area contributed by atoms with Crippen molar-refractivity contribution in [1.82, 2.24) is 0 Å². The maximum absolute atomic E-state index is 13.0. The second-order valence-corrected chi connectivity index (χ2v) is 17.2. The van der Waals surface area contributed by atoms with Crippen molar-refractivity contribution in [3.63, 3.8) is 0 Å². The van der Waals surface area contributed by atoms with E-state index in [1.165, 1.54) is 134 Å². The maximum Gasteiger partial charge on any atom is 0.339 e. The lowest BCUT2D eigenvalue weighted by Gasteiger charge is -2.11. The molecule has 1 N–H and O–H groups in total. The predicted molar refractivity (Wildman–Crippen MR) is 234 cm³/mol. The highest BCUT2D eigenvalue weighted by molar-refractivity contribution is 7.85. The van der Waals surface area contributed by atoms with Crippen molar-refractivity contribution in [2.45, 2.75) is 224 Å². The molecule has 0 heterocycles. The van der Waals surface area contributed by atoms with E-state index in [0.717, 1.165) is 76.3 Å². The van der Waals surface area contributed by atoms with Crippen LogP contribution in [0.3, 0.4) is 0 Å². The highest BCUT2D eigenvalue weighted by Crippen LogP contribution is 2.20. The van der Waals surface area contributed by atoms with E-state index in [-0.39, 0.29) is 24.3 Å². The average Bonchev–Trinajstić information content (AvgIpc) is 3.18. The Kier molecular flexibility index (Phi) is 33.9. The summed E-state index contributed by atoms with van der Waals surface area (Å²) in [7, 11) is -4.57. The number of unbranched alkanes of at least 4 members (excludes halogenated alkanes) is 28. The molecule has 0 fully saturated rings. The Bertz CT molecular complexity index is 1270. The molecule has 0 unspecified atom stereocenters. The summed E-state index contributed by atoms with van der Waals surface area (Å²) < 4.78 is 43.9. The SMILES string of the molecule is CCCCCCCCCCCC/C=C/CCCCCCOC(=O)c1ccc(S(=O)(=O)O)cc1C(=O)OCCCCCC/C=C/CCCCCCCCCCCC. The first-order valence-electron chi connectivity index (χ1n) is 23.1. The lowest BCUT2D eigenvalue weighted by Crippen LogP contribution is -2.16. The van der Waals surface area contributed by atoms with E-state index in [1.807, 2.05) is 0 Å². The van der Waals surface area contributed by atoms with Gasteiger partial charge in [-0.15, -0.1) is 0 Å². The fourth-order valence-corrected chi connectivity index (χ4v) is 7.43. The predicted octanol–water partition coefficient (Wildman–Crippen LogP) is 14.9. The van der Waals surface area contributed by atoms with Crippen molar-refractivity contribution < 1.29 is 32.0 Å². The van der Waals surface area contributed by atoms with Gasteiger partial charge in [0.1, 0.15) is 0 Å². The topological polar surface area (TPSA) is 107 Å². The average molecular weight is 803 g/mol. The standard InChI is InChI=1S/C48H82O7S/c1-3-5-7-9-11-13-15-17-19-21-23-25-27-29-31-33-35-37-41-54-47(49)45-40-39-44(56(51,52)53)43-46(45)48(50)55-42-38-36-34-32-30-28-26-24-22-20-18-16-14-12-10-8-6-4-2/h25-28,39-40,43H,3-24,29-38,41-42H2,1-2H3,(H,51,52,53)/b27-25+,28-26+. The lowest BCUT2D eigenvalue weighted by molar-refractivity contribution is 0.0450. The van der Waals surface area contributed by atoms with Crippen LogP contribution >= 0.6 is 0 Å².